The normalized spacial score (nSPS) is 14.1. The summed E-state index contributed by atoms with van der Waals surface area (Å²) in [4.78, 5) is 102. The van der Waals surface area contributed by atoms with Gasteiger partial charge in [0.05, 0.1) is 25.6 Å². The minimum atomic E-state index is -1.75. The lowest BCUT2D eigenvalue weighted by atomic mass is 10.0. The highest BCUT2D eigenvalue weighted by Gasteiger charge is 2.32. The third-order valence-electron chi connectivity index (χ3n) is 8.05. The van der Waals surface area contributed by atoms with Gasteiger partial charge in [0.15, 0.2) is 0 Å². The molecule has 0 spiro atoms. The molecule has 0 bridgehead atoms. The van der Waals surface area contributed by atoms with E-state index in [0.29, 0.717) is 11.1 Å². The molecule has 0 saturated carbocycles. The second kappa shape index (κ2) is 23.2. The lowest BCUT2D eigenvalue weighted by molar-refractivity contribution is -0.143. The van der Waals surface area contributed by atoms with Crippen molar-refractivity contribution in [3.8, 4) is 5.75 Å². The van der Waals surface area contributed by atoms with Crippen LogP contribution in [0.4, 0.5) is 0 Å². The number of amides is 6. The minimum absolute atomic E-state index is 0.00780. The van der Waals surface area contributed by atoms with Crippen molar-refractivity contribution < 1.29 is 58.8 Å². The SMILES string of the molecule is CC(C)CC(NC(=O)C(Cc1ccccc1)NC(=O)C(N)CS)C(=O)NC(CC(=O)O)C(=O)NCC(=O)NC(Cc1ccc(O)cc1)C(=O)NC(CO)C(=O)O. The van der Waals surface area contributed by atoms with Crippen LogP contribution >= 0.6 is 12.6 Å². The number of carbonyl (C=O) groups excluding carboxylic acids is 6. The average Bonchev–Trinajstić information content (AvgIpc) is 3.15. The van der Waals surface area contributed by atoms with Gasteiger partial charge in [-0.05, 0) is 35.6 Å². The summed E-state index contributed by atoms with van der Waals surface area (Å²) in [5, 5.41) is 51.8. The highest BCUT2D eigenvalue weighted by molar-refractivity contribution is 7.80. The van der Waals surface area contributed by atoms with Gasteiger partial charge in [0.1, 0.15) is 36.0 Å². The first-order valence-electron chi connectivity index (χ1n) is 17.5. The van der Waals surface area contributed by atoms with Gasteiger partial charge in [-0.3, -0.25) is 33.6 Å². The summed E-state index contributed by atoms with van der Waals surface area (Å²) >= 11 is 4.03. The molecule has 0 aliphatic heterocycles. The number of rotatable bonds is 23. The Balaban J connectivity index is 2.21. The van der Waals surface area contributed by atoms with Gasteiger partial charge in [-0.15, -0.1) is 0 Å². The summed E-state index contributed by atoms with van der Waals surface area (Å²) in [6.07, 6.45) is -1.08. The Morgan fingerprint density at radius 1 is 0.661 bits per heavy atom. The Kier molecular flexibility index (Phi) is 19.3. The number of nitrogens with one attached hydrogen (secondary N) is 6. The largest absolute Gasteiger partial charge is 0.508 e. The third-order valence-corrected chi connectivity index (χ3v) is 8.44. The van der Waals surface area contributed by atoms with E-state index in [2.05, 4.69) is 44.5 Å². The van der Waals surface area contributed by atoms with Crippen molar-refractivity contribution in [3.05, 3.63) is 65.7 Å². The fraction of sp³-hybridized carbons (Fsp3) is 0.444. The number of phenolic OH excluding ortho intramolecular Hbond substituents is 1. The first kappa shape index (κ1) is 46.4. The number of carboxylic acid groups (broad SMARTS) is 2. The molecule has 2 rings (SSSR count). The Morgan fingerprint density at radius 3 is 1.68 bits per heavy atom. The number of aliphatic hydroxyl groups is 1. The van der Waals surface area contributed by atoms with Crippen molar-refractivity contribution in [2.24, 2.45) is 11.7 Å². The number of benzene rings is 2. The van der Waals surface area contributed by atoms with Crippen LogP contribution in [0.15, 0.2) is 54.6 Å². The zero-order valence-electron chi connectivity index (χ0n) is 30.8. The van der Waals surface area contributed by atoms with E-state index in [1.165, 1.54) is 24.3 Å². The van der Waals surface area contributed by atoms with Crippen LogP contribution in [0.2, 0.25) is 0 Å². The molecule has 2 aromatic rings. The molecular weight excluding hydrogens is 754 g/mol. The van der Waals surface area contributed by atoms with Crippen molar-refractivity contribution in [2.45, 2.75) is 75.8 Å². The molecule has 0 aromatic heterocycles. The summed E-state index contributed by atoms with van der Waals surface area (Å²) in [6.45, 7) is 1.73. The summed E-state index contributed by atoms with van der Waals surface area (Å²) < 4.78 is 0. The van der Waals surface area contributed by atoms with Gasteiger partial charge in [0.25, 0.3) is 0 Å². The molecule has 6 amide bonds. The fourth-order valence-electron chi connectivity index (χ4n) is 5.12. The summed E-state index contributed by atoms with van der Waals surface area (Å²) in [7, 11) is 0. The number of phenols is 1. The first-order chi connectivity index (χ1) is 26.4. The fourth-order valence-corrected chi connectivity index (χ4v) is 5.29. The van der Waals surface area contributed by atoms with Crippen LogP contribution in [0.3, 0.4) is 0 Å². The molecule has 56 heavy (non-hydrogen) atoms. The summed E-state index contributed by atoms with van der Waals surface area (Å²) in [5.41, 5.74) is 6.91. The molecule has 0 heterocycles. The van der Waals surface area contributed by atoms with Gasteiger partial charge in [-0.25, -0.2) is 4.79 Å². The quantitative estimate of drug-likeness (QED) is 0.0521. The zero-order valence-corrected chi connectivity index (χ0v) is 31.7. The molecule has 0 aliphatic carbocycles. The van der Waals surface area contributed by atoms with Crippen molar-refractivity contribution in [3.63, 3.8) is 0 Å². The molecule has 0 saturated heterocycles. The van der Waals surface area contributed by atoms with Gasteiger partial charge >= 0.3 is 11.9 Å². The van der Waals surface area contributed by atoms with E-state index in [1.807, 2.05) is 0 Å². The van der Waals surface area contributed by atoms with Gasteiger partial charge in [-0.2, -0.15) is 12.6 Å². The number of aromatic hydroxyl groups is 1. The van der Waals surface area contributed by atoms with Gasteiger partial charge in [-0.1, -0.05) is 56.3 Å². The van der Waals surface area contributed by atoms with Gasteiger partial charge in [0.2, 0.25) is 35.4 Å². The van der Waals surface area contributed by atoms with E-state index < -0.39 is 103 Å². The molecule has 0 radical (unpaired) electrons. The molecule has 6 unspecified atom stereocenters. The standard InChI is InChI=1S/C36H49N7O12S/c1-19(2)12-24(41-35(53)26(40-31(49)23(37)18-56)13-20-6-4-3-5-7-20)33(51)42-27(15-30(47)48)32(50)38-16-29(46)39-25(14-21-8-10-22(45)11-9-21)34(52)43-28(17-44)36(54)55/h3-11,19,23-28,44-45,56H,12-18,37H2,1-2H3,(H,38,50)(H,39,46)(H,40,49)(H,41,53)(H,42,51)(H,43,52)(H,47,48)(H,54,55). The maximum absolute atomic E-state index is 13.6. The van der Waals surface area contributed by atoms with E-state index in [9.17, 15) is 58.8 Å². The monoisotopic (exact) mass is 803 g/mol. The number of thiol groups is 1. The lowest BCUT2D eigenvalue weighted by Gasteiger charge is -2.26. The molecule has 0 fully saturated rings. The van der Waals surface area contributed by atoms with Crippen LogP contribution in [0.5, 0.6) is 5.75 Å². The van der Waals surface area contributed by atoms with Crippen LogP contribution in [-0.2, 0) is 51.2 Å². The number of hydrogen-bond acceptors (Lipinski definition) is 12. The van der Waals surface area contributed by atoms with Gasteiger partial charge in [0, 0.05) is 18.6 Å². The van der Waals surface area contributed by atoms with Gasteiger partial charge < -0.3 is 58.1 Å². The topological polar surface area (TPSA) is 316 Å². The second-order valence-corrected chi connectivity index (χ2v) is 13.5. The van der Waals surface area contributed by atoms with Crippen LogP contribution in [0.25, 0.3) is 0 Å². The predicted molar refractivity (Wildman–Crippen MR) is 203 cm³/mol. The molecule has 0 aliphatic rings. The van der Waals surface area contributed by atoms with E-state index in [0.717, 1.165) is 0 Å². The van der Waals surface area contributed by atoms with Crippen LogP contribution in [0.1, 0.15) is 37.8 Å². The van der Waals surface area contributed by atoms with E-state index in [-0.39, 0.29) is 36.7 Å². The molecule has 306 valence electrons. The van der Waals surface area contributed by atoms with Crippen LogP contribution in [0, 0.1) is 5.92 Å². The molecular formula is C36H49N7O12S. The highest BCUT2D eigenvalue weighted by atomic mass is 32.1. The second-order valence-electron chi connectivity index (χ2n) is 13.2. The number of hydrogen-bond donors (Lipinski definition) is 12. The zero-order chi connectivity index (χ0) is 41.9. The number of carboxylic acids is 2. The van der Waals surface area contributed by atoms with Crippen molar-refractivity contribution in [1.29, 1.82) is 0 Å². The molecule has 2 aromatic carbocycles. The molecule has 20 heteroatoms. The van der Waals surface area contributed by atoms with Crippen LogP contribution in [-0.4, -0.2) is 123 Å². The van der Waals surface area contributed by atoms with Crippen molar-refractivity contribution in [2.75, 3.05) is 18.9 Å². The first-order valence-corrected chi connectivity index (χ1v) is 18.1. The third kappa shape index (κ3) is 16.3. The number of carbonyl (C=O) groups is 8. The highest BCUT2D eigenvalue weighted by Crippen LogP contribution is 2.12. The minimum Gasteiger partial charge on any atom is -0.508 e. The van der Waals surface area contributed by atoms with E-state index in [1.54, 1.807) is 44.2 Å². The molecule has 12 N–H and O–H groups in total. The van der Waals surface area contributed by atoms with Crippen molar-refractivity contribution >= 4 is 60.0 Å². The number of nitrogens with two attached hydrogens (primary N) is 1. The molecule has 6 atom stereocenters. The maximum atomic E-state index is 13.6. The Labute approximate surface area is 328 Å². The smallest absolute Gasteiger partial charge is 0.328 e. The number of aliphatic carboxylic acids is 2. The Bertz CT molecular complexity index is 1680. The molecule has 19 nitrogen and oxygen atoms in total. The lowest BCUT2D eigenvalue weighted by Crippen LogP contribution is -2.59. The van der Waals surface area contributed by atoms with E-state index in [4.69, 9.17) is 5.73 Å². The van der Waals surface area contributed by atoms with Crippen LogP contribution < -0.4 is 37.6 Å². The average molecular weight is 804 g/mol. The maximum Gasteiger partial charge on any atom is 0.328 e. The Morgan fingerprint density at radius 2 is 1.16 bits per heavy atom. The summed E-state index contributed by atoms with van der Waals surface area (Å²) in [5.74, 6) is -8.75. The summed E-state index contributed by atoms with van der Waals surface area (Å²) in [6, 6.07) is 5.81. The number of aliphatic hydroxyl groups excluding tert-OH is 1. The van der Waals surface area contributed by atoms with Crippen molar-refractivity contribution in [1.82, 2.24) is 31.9 Å². The predicted octanol–water partition coefficient (Wildman–Crippen LogP) is -2.43. The van der Waals surface area contributed by atoms with E-state index >= 15 is 0 Å². The Hall–Kier alpha value is -5.73.